The topological polar surface area (TPSA) is 78.4 Å². The molecule has 0 atom stereocenters. The molecule has 1 heterocycles. The summed E-state index contributed by atoms with van der Waals surface area (Å²) < 4.78 is 26.6. The van der Waals surface area contributed by atoms with E-state index in [1.807, 2.05) is 0 Å². The fourth-order valence-corrected chi connectivity index (χ4v) is 3.29. The summed E-state index contributed by atoms with van der Waals surface area (Å²) in [5.74, 6) is 0.155. The Morgan fingerprint density at radius 1 is 1.28 bits per heavy atom. The van der Waals surface area contributed by atoms with Gasteiger partial charge in [-0.3, -0.25) is 0 Å². The molecule has 1 aliphatic rings. The van der Waals surface area contributed by atoms with E-state index in [4.69, 9.17) is 0 Å². The van der Waals surface area contributed by atoms with Crippen LogP contribution in [0.4, 0.5) is 0 Å². The van der Waals surface area contributed by atoms with Crippen LogP contribution in [0.15, 0.2) is 29.2 Å². The van der Waals surface area contributed by atoms with E-state index < -0.39 is 10.0 Å². The van der Waals surface area contributed by atoms with E-state index >= 15 is 0 Å². The summed E-state index contributed by atoms with van der Waals surface area (Å²) in [5, 5.41) is 12.8. The Morgan fingerprint density at radius 3 is 2.61 bits per heavy atom. The summed E-state index contributed by atoms with van der Waals surface area (Å²) in [7, 11) is -3.61. The first-order chi connectivity index (χ1) is 8.59. The van der Waals surface area contributed by atoms with Gasteiger partial charge in [-0.25, -0.2) is 13.1 Å². The number of aromatic hydroxyl groups is 1. The van der Waals surface area contributed by atoms with Crippen molar-refractivity contribution in [2.75, 3.05) is 19.6 Å². The second-order valence-corrected chi connectivity index (χ2v) is 6.25. The highest BCUT2D eigenvalue weighted by Gasteiger charge is 2.20. The number of benzene rings is 1. The number of hydrogen-bond donors (Lipinski definition) is 3. The van der Waals surface area contributed by atoms with Crippen LogP contribution in [0, 0.1) is 5.92 Å². The van der Waals surface area contributed by atoms with E-state index in [-0.39, 0.29) is 10.6 Å². The Hall–Kier alpha value is -1.11. The maximum Gasteiger partial charge on any atom is 0.244 e. The molecule has 0 bridgehead atoms. The lowest BCUT2D eigenvalue weighted by atomic mass is 9.99. The Labute approximate surface area is 107 Å². The van der Waals surface area contributed by atoms with Crippen LogP contribution >= 0.6 is 0 Å². The number of hydrogen-bond acceptors (Lipinski definition) is 4. The van der Waals surface area contributed by atoms with Crippen molar-refractivity contribution in [3.8, 4) is 5.75 Å². The quantitative estimate of drug-likeness (QED) is 0.751. The van der Waals surface area contributed by atoms with Gasteiger partial charge < -0.3 is 10.4 Å². The highest BCUT2D eigenvalue weighted by molar-refractivity contribution is 7.89. The first-order valence-corrected chi connectivity index (χ1v) is 7.56. The van der Waals surface area contributed by atoms with Crippen molar-refractivity contribution in [1.82, 2.24) is 10.0 Å². The summed E-state index contributed by atoms with van der Waals surface area (Å²) in [6, 6.07) is 5.97. The first-order valence-electron chi connectivity index (χ1n) is 6.08. The molecule has 1 aromatic carbocycles. The Balaban J connectivity index is 2.01. The predicted octanol–water partition coefficient (Wildman–Crippen LogP) is 0.670. The van der Waals surface area contributed by atoms with E-state index in [1.165, 1.54) is 12.1 Å². The van der Waals surface area contributed by atoms with Gasteiger partial charge in [0.2, 0.25) is 10.0 Å². The van der Waals surface area contributed by atoms with Crippen molar-refractivity contribution in [2.45, 2.75) is 17.7 Å². The monoisotopic (exact) mass is 270 g/mol. The van der Waals surface area contributed by atoms with Gasteiger partial charge in [-0.15, -0.1) is 0 Å². The summed E-state index contributed by atoms with van der Waals surface area (Å²) in [6.45, 7) is 2.30. The van der Waals surface area contributed by atoms with E-state index in [9.17, 15) is 13.5 Å². The SMILES string of the molecule is O=S(=O)(NCC1CCNCC1)c1ccccc1O. The summed E-state index contributed by atoms with van der Waals surface area (Å²) in [6.07, 6.45) is 1.95. The second-order valence-electron chi connectivity index (χ2n) is 4.51. The summed E-state index contributed by atoms with van der Waals surface area (Å²) >= 11 is 0. The minimum Gasteiger partial charge on any atom is -0.507 e. The third-order valence-corrected chi connectivity index (χ3v) is 4.65. The van der Waals surface area contributed by atoms with Crippen molar-refractivity contribution < 1.29 is 13.5 Å². The number of sulfonamides is 1. The van der Waals surface area contributed by atoms with Crippen molar-refractivity contribution >= 4 is 10.0 Å². The van der Waals surface area contributed by atoms with Crippen LogP contribution in [0.2, 0.25) is 0 Å². The first kappa shape index (κ1) is 13.3. The van der Waals surface area contributed by atoms with Crippen LogP contribution in [-0.2, 0) is 10.0 Å². The molecule has 2 rings (SSSR count). The molecule has 100 valence electrons. The molecule has 1 saturated heterocycles. The zero-order valence-electron chi connectivity index (χ0n) is 10.1. The summed E-state index contributed by atoms with van der Waals surface area (Å²) in [5.41, 5.74) is 0. The van der Waals surface area contributed by atoms with Gasteiger partial charge in [0.05, 0.1) is 0 Å². The lowest BCUT2D eigenvalue weighted by Crippen LogP contribution is -2.35. The smallest absolute Gasteiger partial charge is 0.244 e. The second kappa shape index (κ2) is 5.69. The minimum atomic E-state index is -3.61. The number of piperidine rings is 1. The van der Waals surface area contributed by atoms with Gasteiger partial charge in [0.1, 0.15) is 10.6 Å². The van der Waals surface area contributed by atoms with Crippen molar-refractivity contribution in [3.05, 3.63) is 24.3 Å². The lowest BCUT2D eigenvalue weighted by molar-refractivity contribution is 0.372. The number of rotatable bonds is 4. The lowest BCUT2D eigenvalue weighted by Gasteiger charge is -2.22. The molecular weight excluding hydrogens is 252 g/mol. The van der Waals surface area contributed by atoms with Gasteiger partial charge in [-0.05, 0) is 44.0 Å². The molecule has 0 saturated carbocycles. The van der Waals surface area contributed by atoms with Crippen molar-refractivity contribution in [1.29, 1.82) is 0 Å². The van der Waals surface area contributed by atoms with E-state index in [1.54, 1.807) is 12.1 Å². The predicted molar refractivity (Wildman–Crippen MR) is 68.9 cm³/mol. The molecule has 0 aliphatic carbocycles. The zero-order chi connectivity index (χ0) is 13.0. The number of para-hydroxylation sites is 1. The highest BCUT2D eigenvalue weighted by atomic mass is 32.2. The van der Waals surface area contributed by atoms with Gasteiger partial charge in [0.15, 0.2) is 0 Å². The standard InChI is InChI=1S/C12H18N2O3S/c15-11-3-1-2-4-12(11)18(16,17)14-9-10-5-7-13-8-6-10/h1-4,10,13-15H,5-9H2. The van der Waals surface area contributed by atoms with E-state index in [0.717, 1.165) is 25.9 Å². The molecule has 0 aromatic heterocycles. The highest BCUT2D eigenvalue weighted by Crippen LogP contribution is 2.21. The molecule has 5 nitrogen and oxygen atoms in total. The van der Waals surface area contributed by atoms with Gasteiger partial charge in [-0.2, -0.15) is 0 Å². The molecule has 1 aromatic rings. The van der Waals surface area contributed by atoms with Crippen LogP contribution in [0.1, 0.15) is 12.8 Å². The average molecular weight is 270 g/mol. The maximum atomic E-state index is 12.0. The molecule has 0 unspecified atom stereocenters. The molecule has 0 amide bonds. The number of nitrogens with one attached hydrogen (secondary N) is 2. The molecule has 3 N–H and O–H groups in total. The normalized spacial score (nSPS) is 17.8. The average Bonchev–Trinajstić information content (AvgIpc) is 2.38. The van der Waals surface area contributed by atoms with Gasteiger partial charge in [-0.1, -0.05) is 12.1 Å². The van der Waals surface area contributed by atoms with Crippen LogP contribution in [0.5, 0.6) is 5.75 Å². The van der Waals surface area contributed by atoms with Crippen LogP contribution in [0.3, 0.4) is 0 Å². The third-order valence-electron chi connectivity index (χ3n) is 3.18. The molecule has 1 aliphatic heterocycles. The Morgan fingerprint density at radius 2 is 1.94 bits per heavy atom. The molecule has 6 heteroatoms. The molecule has 0 spiro atoms. The number of phenols is 1. The fourth-order valence-electron chi connectivity index (χ4n) is 2.08. The zero-order valence-corrected chi connectivity index (χ0v) is 10.9. The van der Waals surface area contributed by atoms with Gasteiger partial charge in [0, 0.05) is 6.54 Å². The van der Waals surface area contributed by atoms with Crippen LogP contribution < -0.4 is 10.0 Å². The number of phenolic OH excluding ortho intramolecular Hbond substituents is 1. The molecular formula is C12H18N2O3S. The molecule has 0 radical (unpaired) electrons. The van der Waals surface area contributed by atoms with E-state index in [0.29, 0.717) is 12.5 Å². The molecule has 18 heavy (non-hydrogen) atoms. The van der Waals surface area contributed by atoms with Crippen LogP contribution in [-0.4, -0.2) is 33.2 Å². The Bertz CT molecular complexity index is 496. The van der Waals surface area contributed by atoms with Gasteiger partial charge in [0.25, 0.3) is 0 Å². The molecule has 1 fully saturated rings. The third kappa shape index (κ3) is 3.22. The summed E-state index contributed by atoms with van der Waals surface area (Å²) in [4.78, 5) is -0.0565. The van der Waals surface area contributed by atoms with Crippen molar-refractivity contribution in [3.63, 3.8) is 0 Å². The Kier molecular flexibility index (Phi) is 4.21. The fraction of sp³-hybridized carbons (Fsp3) is 0.500. The van der Waals surface area contributed by atoms with Crippen LogP contribution in [0.25, 0.3) is 0 Å². The van der Waals surface area contributed by atoms with Gasteiger partial charge >= 0.3 is 0 Å². The largest absolute Gasteiger partial charge is 0.507 e. The van der Waals surface area contributed by atoms with Crippen molar-refractivity contribution in [2.24, 2.45) is 5.92 Å². The minimum absolute atomic E-state index is 0.0565. The maximum absolute atomic E-state index is 12.0. The van der Waals surface area contributed by atoms with E-state index in [2.05, 4.69) is 10.0 Å².